The Morgan fingerprint density at radius 3 is 1.03 bits per heavy atom. The highest BCUT2D eigenvalue weighted by Gasteiger charge is 2.22. The summed E-state index contributed by atoms with van der Waals surface area (Å²) in [5.74, 6) is 0. The van der Waals surface area contributed by atoms with Gasteiger partial charge in [0, 0.05) is 68.8 Å². The first-order chi connectivity index (χ1) is 37.7. The molecule has 0 saturated heterocycles. The zero-order chi connectivity index (χ0) is 50.4. The second-order valence-electron chi connectivity index (χ2n) is 19.1. The van der Waals surface area contributed by atoms with Crippen LogP contribution in [0.15, 0.2) is 291 Å². The molecule has 76 heavy (non-hydrogen) atoms. The summed E-state index contributed by atoms with van der Waals surface area (Å²) in [6, 6.07) is 99.3. The van der Waals surface area contributed by atoms with Crippen molar-refractivity contribution in [2.75, 3.05) is 9.80 Å². The van der Waals surface area contributed by atoms with Crippen molar-refractivity contribution in [1.29, 1.82) is 0 Å². The van der Waals surface area contributed by atoms with Crippen LogP contribution in [0.5, 0.6) is 0 Å². The van der Waals surface area contributed by atoms with Gasteiger partial charge in [-0.15, -0.1) is 0 Å². The molecule has 0 aliphatic rings. The van der Waals surface area contributed by atoms with Gasteiger partial charge in [-0.05, 0) is 142 Å². The molecule has 0 radical (unpaired) electrons. The quantitative estimate of drug-likeness (QED) is 0.129. The summed E-state index contributed by atoms with van der Waals surface area (Å²) < 4.78 is 4.41. The number of fused-ring (bicyclic) bond motifs is 4. The zero-order valence-corrected chi connectivity index (χ0v) is 41.4. The molecule has 6 nitrogen and oxygen atoms in total. The lowest BCUT2D eigenvalue weighted by atomic mass is 10.0. The van der Waals surface area contributed by atoms with Crippen molar-refractivity contribution >= 4 is 67.0 Å². The molecule has 6 heteroatoms. The van der Waals surface area contributed by atoms with Gasteiger partial charge in [-0.1, -0.05) is 170 Å². The molecule has 0 unspecified atom stereocenters. The molecule has 0 bridgehead atoms. The number of rotatable bonds is 11. The van der Waals surface area contributed by atoms with Crippen LogP contribution in [-0.2, 0) is 0 Å². The predicted octanol–water partition coefficient (Wildman–Crippen LogP) is 18.6. The van der Waals surface area contributed by atoms with Crippen LogP contribution in [0.1, 0.15) is 0 Å². The molecule has 4 aromatic heterocycles. The van der Waals surface area contributed by atoms with E-state index in [1.807, 2.05) is 12.1 Å². The summed E-state index contributed by atoms with van der Waals surface area (Å²) in [4.78, 5) is 15.2. The van der Waals surface area contributed by atoms with Gasteiger partial charge < -0.3 is 9.80 Å². The Balaban J connectivity index is 0.797. The lowest BCUT2D eigenvalue weighted by molar-refractivity contribution is 1.19. The molecule has 0 aliphatic heterocycles. The SMILES string of the molecule is c1ccc(N(c2ccc(-c3ccc(N(c4ccccc4)c4cccc(-c5nc6ccccn6c5-c5ccc6ccccc6c5)c4)cc3)cc2)c2cccc(-c3nc4ccccn4c3-c3ccc4ccccc4c3)c2)cc1. The van der Waals surface area contributed by atoms with Crippen LogP contribution in [0.3, 0.4) is 0 Å². The van der Waals surface area contributed by atoms with E-state index in [1.54, 1.807) is 0 Å². The van der Waals surface area contributed by atoms with Crippen LogP contribution in [0.4, 0.5) is 34.1 Å². The van der Waals surface area contributed by atoms with E-state index in [4.69, 9.17) is 9.97 Å². The molecular formula is C70H48N6. The maximum atomic E-state index is 5.26. The minimum atomic E-state index is 0.905. The van der Waals surface area contributed by atoms with Crippen molar-refractivity contribution in [3.8, 4) is 56.2 Å². The maximum Gasteiger partial charge on any atom is 0.137 e. The van der Waals surface area contributed by atoms with Gasteiger partial charge in [0.25, 0.3) is 0 Å². The van der Waals surface area contributed by atoms with Crippen LogP contribution < -0.4 is 9.80 Å². The van der Waals surface area contributed by atoms with E-state index in [0.717, 1.165) is 102 Å². The topological polar surface area (TPSA) is 41.1 Å². The standard InChI is InChI=1S/C70H48N6/c1-3-23-59(24-4-1)75(63-27-15-21-55(47-63)67-69(73-43-13-11-29-65(73)71-67)57-33-31-49-17-7-9-19-53(49)45-57)61-39-35-51(36-40-61)52-37-41-62(42-38-52)76(60-25-5-2-6-26-60)64-28-16-22-56(48-64)68-70(74-44-14-12-30-66(74)72-68)58-34-32-50-18-8-10-20-54(50)46-58/h1-48H. The highest BCUT2D eigenvalue weighted by Crippen LogP contribution is 2.43. The fraction of sp³-hybridized carbons (Fsp3) is 0. The van der Waals surface area contributed by atoms with Crippen LogP contribution in [0.25, 0.3) is 89.0 Å². The zero-order valence-electron chi connectivity index (χ0n) is 41.4. The monoisotopic (exact) mass is 972 g/mol. The van der Waals surface area contributed by atoms with Crippen molar-refractivity contribution in [3.05, 3.63) is 291 Å². The van der Waals surface area contributed by atoms with Crippen molar-refractivity contribution in [2.45, 2.75) is 0 Å². The van der Waals surface area contributed by atoms with Crippen molar-refractivity contribution in [3.63, 3.8) is 0 Å². The fourth-order valence-electron chi connectivity index (χ4n) is 10.9. The number of aromatic nitrogens is 4. The number of benzene rings is 10. The molecule has 0 saturated carbocycles. The molecule has 4 heterocycles. The first-order valence-electron chi connectivity index (χ1n) is 25.7. The second-order valence-corrected chi connectivity index (χ2v) is 19.1. The summed E-state index contributed by atoms with van der Waals surface area (Å²) in [7, 11) is 0. The van der Waals surface area contributed by atoms with Gasteiger partial charge in [0.2, 0.25) is 0 Å². The Hall–Kier alpha value is -10.3. The van der Waals surface area contributed by atoms with Crippen LogP contribution in [0, 0.1) is 0 Å². The number of nitrogens with zero attached hydrogens (tertiary/aromatic N) is 6. The number of pyridine rings is 2. The largest absolute Gasteiger partial charge is 0.310 e. The Kier molecular flexibility index (Phi) is 11.1. The predicted molar refractivity (Wildman–Crippen MR) is 316 cm³/mol. The van der Waals surface area contributed by atoms with Gasteiger partial charge >= 0.3 is 0 Å². The summed E-state index contributed by atoms with van der Waals surface area (Å²) in [5, 5.41) is 4.82. The molecular weight excluding hydrogens is 925 g/mol. The summed E-state index contributed by atoms with van der Waals surface area (Å²) in [6.07, 6.45) is 4.22. The third-order valence-corrected chi connectivity index (χ3v) is 14.5. The molecule has 0 aliphatic carbocycles. The fourth-order valence-corrected chi connectivity index (χ4v) is 10.9. The molecule has 0 fully saturated rings. The van der Waals surface area contributed by atoms with Crippen LogP contribution in [0.2, 0.25) is 0 Å². The van der Waals surface area contributed by atoms with E-state index in [0.29, 0.717) is 0 Å². The first-order valence-corrected chi connectivity index (χ1v) is 25.7. The average Bonchev–Trinajstić information content (AvgIpc) is 4.08. The number of hydrogen-bond acceptors (Lipinski definition) is 4. The smallest absolute Gasteiger partial charge is 0.137 e. The van der Waals surface area contributed by atoms with Gasteiger partial charge in [-0.2, -0.15) is 0 Å². The van der Waals surface area contributed by atoms with Crippen LogP contribution in [-0.4, -0.2) is 18.8 Å². The van der Waals surface area contributed by atoms with E-state index < -0.39 is 0 Å². The van der Waals surface area contributed by atoms with E-state index in [2.05, 4.69) is 298 Å². The van der Waals surface area contributed by atoms with Gasteiger partial charge in [-0.25, -0.2) is 9.97 Å². The van der Waals surface area contributed by atoms with Gasteiger partial charge in [0.05, 0.1) is 22.8 Å². The first kappa shape index (κ1) is 44.4. The molecule has 0 N–H and O–H groups in total. The molecule has 14 aromatic rings. The number of para-hydroxylation sites is 2. The second kappa shape index (κ2) is 19.0. The van der Waals surface area contributed by atoms with E-state index >= 15 is 0 Å². The number of hydrogen-bond donors (Lipinski definition) is 0. The Bertz CT molecular complexity index is 4120. The lowest BCUT2D eigenvalue weighted by Crippen LogP contribution is -2.10. The van der Waals surface area contributed by atoms with Crippen molar-refractivity contribution < 1.29 is 0 Å². The highest BCUT2D eigenvalue weighted by molar-refractivity contribution is 5.94. The molecule has 0 atom stereocenters. The van der Waals surface area contributed by atoms with E-state index in [1.165, 1.54) is 21.5 Å². The normalized spacial score (nSPS) is 11.4. The van der Waals surface area contributed by atoms with Gasteiger partial charge in [0.1, 0.15) is 11.3 Å². The highest BCUT2D eigenvalue weighted by atomic mass is 15.1. The number of anilines is 6. The summed E-state index contributed by atoms with van der Waals surface area (Å²) in [6.45, 7) is 0. The van der Waals surface area contributed by atoms with E-state index in [-0.39, 0.29) is 0 Å². The van der Waals surface area contributed by atoms with Gasteiger partial charge in [-0.3, -0.25) is 8.80 Å². The Labute approximate surface area is 441 Å². The molecule has 14 rings (SSSR count). The Morgan fingerprint density at radius 2 is 0.592 bits per heavy atom. The maximum absolute atomic E-state index is 5.26. The van der Waals surface area contributed by atoms with E-state index in [9.17, 15) is 0 Å². The Morgan fingerprint density at radius 1 is 0.237 bits per heavy atom. The molecule has 358 valence electrons. The summed E-state index contributed by atoms with van der Waals surface area (Å²) in [5.41, 5.74) is 18.7. The number of imidazole rings is 2. The molecule has 10 aromatic carbocycles. The minimum Gasteiger partial charge on any atom is -0.310 e. The third kappa shape index (κ3) is 8.11. The minimum absolute atomic E-state index is 0.905. The third-order valence-electron chi connectivity index (χ3n) is 14.5. The van der Waals surface area contributed by atoms with Crippen molar-refractivity contribution in [2.24, 2.45) is 0 Å². The van der Waals surface area contributed by atoms with Gasteiger partial charge in [0.15, 0.2) is 0 Å². The average molecular weight is 973 g/mol. The van der Waals surface area contributed by atoms with Crippen molar-refractivity contribution in [1.82, 2.24) is 18.8 Å². The molecule has 0 amide bonds. The lowest BCUT2D eigenvalue weighted by Gasteiger charge is -2.26. The van der Waals surface area contributed by atoms with Crippen LogP contribution >= 0.6 is 0 Å². The molecule has 0 spiro atoms. The summed E-state index contributed by atoms with van der Waals surface area (Å²) >= 11 is 0.